The van der Waals surface area contributed by atoms with E-state index in [1.165, 1.54) is 12.0 Å². The van der Waals surface area contributed by atoms with Gasteiger partial charge < -0.3 is 14.2 Å². The third-order valence-corrected chi connectivity index (χ3v) is 4.60. The molecule has 0 bridgehead atoms. The minimum atomic E-state index is 0.562. The fourth-order valence-electron chi connectivity index (χ4n) is 2.15. The van der Waals surface area contributed by atoms with Crippen molar-refractivity contribution in [3.8, 4) is 5.75 Å². The van der Waals surface area contributed by atoms with Crippen LogP contribution in [0.4, 0.5) is 0 Å². The maximum Gasteiger partial charge on any atom is 0.130 e. The average Bonchev–Trinajstić information content (AvgIpc) is 2.45. The van der Waals surface area contributed by atoms with E-state index in [1.54, 1.807) is 14.2 Å². The van der Waals surface area contributed by atoms with Crippen LogP contribution in [0.15, 0.2) is 12.1 Å². The largest absolute Gasteiger partial charge is 0.492 e. The van der Waals surface area contributed by atoms with E-state index in [4.69, 9.17) is 14.2 Å². The minimum absolute atomic E-state index is 0.562. The van der Waals surface area contributed by atoms with Gasteiger partial charge in [0.1, 0.15) is 5.75 Å². The molecule has 0 aliphatic rings. The van der Waals surface area contributed by atoms with Crippen LogP contribution in [-0.4, -0.2) is 31.8 Å². The predicted octanol–water partition coefficient (Wildman–Crippen LogP) is 4.20. The third kappa shape index (κ3) is 6.29. The Hall–Kier alpha value is -0.710. The van der Waals surface area contributed by atoms with Crippen molar-refractivity contribution in [3.05, 3.63) is 28.8 Å². The zero-order valence-electron chi connectivity index (χ0n) is 13.9. The van der Waals surface area contributed by atoms with Gasteiger partial charge in [-0.15, -0.1) is 0 Å². The van der Waals surface area contributed by atoms with Crippen LogP contribution in [-0.2, 0) is 22.7 Å². The highest BCUT2D eigenvalue weighted by Gasteiger charge is 2.12. The van der Waals surface area contributed by atoms with Gasteiger partial charge in [0.15, 0.2) is 0 Å². The Balaban J connectivity index is 2.76. The number of thioether (sulfide) groups is 1. The number of hydrogen-bond donors (Lipinski definition) is 0. The van der Waals surface area contributed by atoms with E-state index in [9.17, 15) is 0 Å². The third-order valence-electron chi connectivity index (χ3n) is 3.29. The van der Waals surface area contributed by atoms with Gasteiger partial charge in [0, 0.05) is 36.3 Å². The number of ether oxygens (including phenoxy) is 3. The average molecular weight is 312 g/mol. The summed E-state index contributed by atoms with van der Waals surface area (Å²) in [6, 6.07) is 4.25. The van der Waals surface area contributed by atoms with Crippen molar-refractivity contribution >= 4 is 11.8 Å². The molecule has 0 aromatic heterocycles. The van der Waals surface area contributed by atoms with Gasteiger partial charge in [-0.05, 0) is 13.3 Å². The summed E-state index contributed by atoms with van der Waals surface area (Å²) >= 11 is 1.95. The van der Waals surface area contributed by atoms with Crippen LogP contribution in [0.25, 0.3) is 0 Å². The van der Waals surface area contributed by atoms with Crippen LogP contribution in [0.3, 0.4) is 0 Å². The molecule has 0 saturated carbocycles. The summed E-state index contributed by atoms with van der Waals surface area (Å²) in [5.41, 5.74) is 3.40. The lowest BCUT2D eigenvalue weighted by atomic mass is 10.1. The molecule has 0 heterocycles. The molecule has 1 unspecified atom stereocenters. The summed E-state index contributed by atoms with van der Waals surface area (Å²) in [7, 11) is 3.42. The van der Waals surface area contributed by atoms with E-state index in [2.05, 4.69) is 32.9 Å². The van der Waals surface area contributed by atoms with Crippen LogP contribution < -0.4 is 4.74 Å². The Labute approximate surface area is 133 Å². The molecule has 3 nitrogen and oxygen atoms in total. The van der Waals surface area contributed by atoms with Crippen LogP contribution in [0.1, 0.15) is 37.0 Å². The molecule has 21 heavy (non-hydrogen) atoms. The fraction of sp³-hybridized carbons (Fsp3) is 0.647. The normalized spacial score (nSPS) is 12.4. The Morgan fingerprint density at radius 1 is 1.10 bits per heavy atom. The summed E-state index contributed by atoms with van der Waals surface area (Å²) in [4.78, 5) is 0. The summed E-state index contributed by atoms with van der Waals surface area (Å²) in [5.74, 6) is 1.93. The molecule has 0 N–H and O–H groups in total. The standard InChI is InChI=1S/C17H28O3S/c1-6-14(3)21-8-7-20-17-15(11-18-4)9-13(2)10-16(17)12-19-5/h9-10,14H,6-8,11-12H2,1-5H3. The molecule has 1 aromatic rings. The second-order valence-corrected chi connectivity index (χ2v) is 6.76. The Kier molecular flexibility index (Phi) is 8.81. The van der Waals surface area contributed by atoms with Gasteiger partial charge in [-0.25, -0.2) is 0 Å². The number of rotatable bonds is 10. The Bertz CT molecular complexity index is 393. The van der Waals surface area contributed by atoms with E-state index < -0.39 is 0 Å². The van der Waals surface area contributed by atoms with Gasteiger partial charge in [-0.1, -0.05) is 31.5 Å². The topological polar surface area (TPSA) is 27.7 Å². The van der Waals surface area contributed by atoms with Gasteiger partial charge in [-0.2, -0.15) is 11.8 Å². The first-order valence-electron chi connectivity index (χ1n) is 7.47. The first-order chi connectivity index (χ1) is 10.1. The molecular weight excluding hydrogens is 284 g/mol. The second kappa shape index (κ2) is 10.1. The summed E-state index contributed by atoms with van der Waals surface area (Å²) in [6.07, 6.45) is 1.19. The molecule has 0 spiro atoms. The van der Waals surface area contributed by atoms with Gasteiger partial charge in [0.2, 0.25) is 0 Å². The predicted molar refractivity (Wildman–Crippen MR) is 90.3 cm³/mol. The van der Waals surface area contributed by atoms with Crippen molar-refractivity contribution in [1.82, 2.24) is 0 Å². The van der Waals surface area contributed by atoms with Crippen LogP contribution in [0.2, 0.25) is 0 Å². The second-order valence-electron chi connectivity index (χ2n) is 5.22. The fourth-order valence-corrected chi connectivity index (χ4v) is 2.97. The molecule has 0 amide bonds. The van der Waals surface area contributed by atoms with Crippen molar-refractivity contribution in [2.75, 3.05) is 26.6 Å². The molecule has 1 aromatic carbocycles. The highest BCUT2D eigenvalue weighted by atomic mass is 32.2. The van der Waals surface area contributed by atoms with Crippen molar-refractivity contribution in [2.24, 2.45) is 0 Å². The van der Waals surface area contributed by atoms with Crippen LogP contribution >= 0.6 is 11.8 Å². The SMILES string of the molecule is CCC(C)SCCOc1c(COC)cc(C)cc1COC. The molecule has 4 heteroatoms. The molecule has 0 saturated heterocycles. The van der Waals surface area contributed by atoms with Gasteiger partial charge >= 0.3 is 0 Å². The van der Waals surface area contributed by atoms with E-state index in [-0.39, 0.29) is 0 Å². The van der Waals surface area contributed by atoms with E-state index in [0.29, 0.717) is 25.1 Å². The van der Waals surface area contributed by atoms with Gasteiger partial charge in [0.05, 0.1) is 19.8 Å². The quantitative estimate of drug-likeness (QED) is 0.605. The maximum atomic E-state index is 6.04. The first-order valence-corrected chi connectivity index (χ1v) is 8.51. The van der Waals surface area contributed by atoms with E-state index >= 15 is 0 Å². The molecule has 1 rings (SSSR count). The summed E-state index contributed by atoms with van der Waals surface area (Å²) in [6.45, 7) is 8.39. The Morgan fingerprint density at radius 3 is 2.14 bits per heavy atom. The molecule has 0 aliphatic carbocycles. The molecule has 0 aliphatic heterocycles. The monoisotopic (exact) mass is 312 g/mol. The van der Waals surface area contributed by atoms with E-state index in [1.807, 2.05) is 11.8 Å². The molecule has 120 valence electrons. The van der Waals surface area contributed by atoms with Crippen LogP contribution in [0.5, 0.6) is 5.75 Å². The lowest BCUT2D eigenvalue weighted by Crippen LogP contribution is -2.08. The number of benzene rings is 1. The Morgan fingerprint density at radius 2 is 1.67 bits per heavy atom. The summed E-state index contributed by atoms with van der Waals surface area (Å²) < 4.78 is 16.6. The van der Waals surface area contributed by atoms with Crippen LogP contribution in [0, 0.1) is 6.92 Å². The molecular formula is C17H28O3S. The van der Waals surface area contributed by atoms with Crippen molar-refractivity contribution < 1.29 is 14.2 Å². The van der Waals surface area contributed by atoms with Crippen molar-refractivity contribution in [1.29, 1.82) is 0 Å². The number of hydrogen-bond acceptors (Lipinski definition) is 4. The smallest absolute Gasteiger partial charge is 0.130 e. The summed E-state index contributed by atoms with van der Waals surface area (Å²) in [5, 5.41) is 0.684. The number of methoxy groups -OCH3 is 2. The first kappa shape index (κ1) is 18.3. The lowest BCUT2D eigenvalue weighted by Gasteiger charge is -2.17. The lowest BCUT2D eigenvalue weighted by molar-refractivity contribution is 0.171. The molecule has 1 atom stereocenters. The molecule has 0 radical (unpaired) electrons. The number of aryl methyl sites for hydroxylation is 1. The van der Waals surface area contributed by atoms with Crippen molar-refractivity contribution in [2.45, 2.75) is 45.7 Å². The zero-order valence-corrected chi connectivity index (χ0v) is 14.7. The van der Waals surface area contributed by atoms with Gasteiger partial charge in [-0.3, -0.25) is 0 Å². The molecule has 0 fully saturated rings. The van der Waals surface area contributed by atoms with Crippen molar-refractivity contribution in [3.63, 3.8) is 0 Å². The highest BCUT2D eigenvalue weighted by molar-refractivity contribution is 7.99. The zero-order chi connectivity index (χ0) is 15.7. The van der Waals surface area contributed by atoms with E-state index in [0.717, 1.165) is 22.6 Å². The minimum Gasteiger partial charge on any atom is -0.492 e. The highest BCUT2D eigenvalue weighted by Crippen LogP contribution is 2.28. The maximum absolute atomic E-state index is 6.04. The van der Waals surface area contributed by atoms with Gasteiger partial charge in [0.25, 0.3) is 0 Å².